The molecule has 1 aromatic rings. The fourth-order valence-electron chi connectivity index (χ4n) is 2.93. The second-order valence-corrected chi connectivity index (χ2v) is 5.86. The predicted octanol–water partition coefficient (Wildman–Crippen LogP) is 1.63. The summed E-state index contributed by atoms with van der Waals surface area (Å²) in [6.07, 6.45) is 5.29. The Kier molecular flexibility index (Phi) is 7.13. The Bertz CT molecular complexity index is 498. The smallest absolute Gasteiger partial charge is 0.218 e. The number of guanidine groups is 1. The molecule has 2 heterocycles. The first-order chi connectivity index (χ1) is 11.3. The van der Waals surface area contributed by atoms with Crippen LogP contribution in [0.3, 0.4) is 0 Å². The highest BCUT2D eigenvalue weighted by Crippen LogP contribution is 2.13. The molecule has 0 spiro atoms. The van der Waals surface area contributed by atoms with E-state index in [2.05, 4.69) is 32.4 Å². The van der Waals surface area contributed by atoms with E-state index in [1.807, 2.05) is 19.2 Å². The van der Waals surface area contributed by atoms with Gasteiger partial charge in [0.15, 0.2) is 5.96 Å². The van der Waals surface area contributed by atoms with Crippen molar-refractivity contribution in [1.29, 1.82) is 0 Å². The van der Waals surface area contributed by atoms with Crippen molar-refractivity contribution in [3.05, 3.63) is 23.9 Å². The molecule has 0 atom stereocenters. The van der Waals surface area contributed by atoms with Gasteiger partial charge in [-0.1, -0.05) is 13.0 Å². The first-order valence-electron chi connectivity index (χ1n) is 8.44. The molecular weight excluding hydrogens is 290 g/mol. The van der Waals surface area contributed by atoms with Gasteiger partial charge in [-0.3, -0.25) is 4.99 Å². The van der Waals surface area contributed by atoms with Crippen LogP contribution in [0.1, 0.15) is 31.7 Å². The second kappa shape index (κ2) is 9.35. The number of likely N-dealkylation sites (tertiary alicyclic amines) is 1. The average Bonchev–Trinajstić information content (AvgIpc) is 2.60. The van der Waals surface area contributed by atoms with E-state index >= 15 is 0 Å². The average molecular weight is 319 g/mol. The number of aromatic nitrogens is 1. The quantitative estimate of drug-likeness (QED) is 0.616. The van der Waals surface area contributed by atoms with Crippen molar-refractivity contribution in [2.45, 2.75) is 38.8 Å². The van der Waals surface area contributed by atoms with Crippen molar-refractivity contribution in [2.75, 3.05) is 33.8 Å². The molecule has 6 nitrogen and oxygen atoms in total. The SMILES string of the molecule is CCCN1CCC(NC(=NC)NCc2cccnc2OC)CC1. The standard InChI is InChI=1S/C17H29N5O/c1-4-10-22-11-7-15(8-12-22)21-17(18-2)20-13-14-6-5-9-19-16(14)23-3/h5-6,9,15H,4,7-8,10-13H2,1-3H3,(H2,18,20,21). The highest BCUT2D eigenvalue weighted by atomic mass is 16.5. The Morgan fingerprint density at radius 2 is 2.22 bits per heavy atom. The van der Waals surface area contributed by atoms with Crippen molar-refractivity contribution in [3.63, 3.8) is 0 Å². The van der Waals surface area contributed by atoms with Crippen LogP contribution in [0.25, 0.3) is 0 Å². The summed E-state index contributed by atoms with van der Waals surface area (Å²) in [6.45, 7) is 6.42. The van der Waals surface area contributed by atoms with E-state index in [1.165, 1.54) is 26.1 Å². The molecule has 2 N–H and O–H groups in total. The Morgan fingerprint density at radius 1 is 1.43 bits per heavy atom. The highest BCUT2D eigenvalue weighted by Gasteiger charge is 2.19. The molecule has 1 fully saturated rings. The topological polar surface area (TPSA) is 61.8 Å². The first kappa shape index (κ1) is 17.5. The van der Waals surface area contributed by atoms with Gasteiger partial charge in [0, 0.05) is 44.5 Å². The van der Waals surface area contributed by atoms with Crippen LogP contribution in [-0.2, 0) is 6.54 Å². The summed E-state index contributed by atoms with van der Waals surface area (Å²) in [5, 5.41) is 6.88. The lowest BCUT2D eigenvalue weighted by atomic mass is 10.1. The molecule has 128 valence electrons. The number of pyridine rings is 1. The number of hydrogen-bond acceptors (Lipinski definition) is 4. The number of nitrogens with zero attached hydrogens (tertiary/aromatic N) is 3. The summed E-state index contributed by atoms with van der Waals surface area (Å²) >= 11 is 0. The van der Waals surface area contributed by atoms with Crippen LogP contribution in [-0.4, -0.2) is 55.7 Å². The van der Waals surface area contributed by atoms with Gasteiger partial charge in [0.25, 0.3) is 0 Å². The van der Waals surface area contributed by atoms with E-state index in [0.29, 0.717) is 18.5 Å². The Hall–Kier alpha value is -1.82. The summed E-state index contributed by atoms with van der Waals surface area (Å²) in [5.74, 6) is 1.49. The molecule has 6 heteroatoms. The van der Waals surface area contributed by atoms with Crippen molar-refractivity contribution in [3.8, 4) is 5.88 Å². The second-order valence-electron chi connectivity index (χ2n) is 5.86. The molecule has 1 aromatic heterocycles. The molecule has 23 heavy (non-hydrogen) atoms. The zero-order chi connectivity index (χ0) is 16.5. The Morgan fingerprint density at radius 3 is 2.87 bits per heavy atom. The zero-order valence-electron chi connectivity index (χ0n) is 14.5. The van der Waals surface area contributed by atoms with Crippen molar-refractivity contribution >= 4 is 5.96 Å². The summed E-state index contributed by atoms with van der Waals surface area (Å²) in [4.78, 5) is 11.1. The van der Waals surface area contributed by atoms with Gasteiger partial charge in [-0.25, -0.2) is 4.98 Å². The van der Waals surface area contributed by atoms with E-state index in [-0.39, 0.29) is 0 Å². The van der Waals surface area contributed by atoms with Crippen molar-refractivity contribution < 1.29 is 4.74 Å². The molecule has 1 aliphatic rings. The van der Waals surface area contributed by atoms with E-state index < -0.39 is 0 Å². The molecule has 0 unspecified atom stereocenters. The maximum absolute atomic E-state index is 5.28. The molecule has 0 aliphatic carbocycles. The molecule has 2 rings (SSSR count). The van der Waals surface area contributed by atoms with E-state index in [0.717, 1.165) is 24.4 Å². The highest BCUT2D eigenvalue weighted by molar-refractivity contribution is 5.80. The number of hydrogen-bond donors (Lipinski definition) is 2. The Balaban J connectivity index is 1.80. The minimum atomic E-state index is 0.491. The summed E-state index contributed by atoms with van der Waals surface area (Å²) in [6, 6.07) is 4.42. The van der Waals surface area contributed by atoms with Crippen LogP contribution in [0.5, 0.6) is 5.88 Å². The third kappa shape index (κ3) is 5.39. The molecule has 1 aliphatic heterocycles. The summed E-state index contributed by atoms with van der Waals surface area (Å²) in [7, 11) is 3.45. The number of ether oxygens (including phenoxy) is 1. The van der Waals surface area contributed by atoms with Gasteiger partial charge in [0.05, 0.1) is 7.11 Å². The van der Waals surface area contributed by atoms with Crippen LogP contribution >= 0.6 is 0 Å². The number of piperidine rings is 1. The Labute approximate surface area is 139 Å². The van der Waals surface area contributed by atoms with Gasteiger partial charge in [-0.2, -0.15) is 0 Å². The van der Waals surface area contributed by atoms with Crippen molar-refractivity contribution in [2.24, 2.45) is 4.99 Å². The van der Waals surface area contributed by atoms with E-state index in [4.69, 9.17) is 4.74 Å². The molecule has 0 aromatic carbocycles. The molecule has 0 saturated carbocycles. The number of nitrogens with one attached hydrogen (secondary N) is 2. The largest absolute Gasteiger partial charge is 0.481 e. The van der Waals surface area contributed by atoms with E-state index in [1.54, 1.807) is 13.3 Å². The summed E-state index contributed by atoms with van der Waals surface area (Å²) in [5.41, 5.74) is 1.02. The third-order valence-corrected chi connectivity index (χ3v) is 4.18. The lowest BCUT2D eigenvalue weighted by Gasteiger charge is -2.32. The maximum atomic E-state index is 5.28. The third-order valence-electron chi connectivity index (χ3n) is 4.18. The number of aliphatic imine (C=N–C) groups is 1. The zero-order valence-corrected chi connectivity index (χ0v) is 14.5. The van der Waals surface area contributed by atoms with Crippen LogP contribution in [0, 0.1) is 0 Å². The van der Waals surface area contributed by atoms with Gasteiger partial charge >= 0.3 is 0 Å². The molecular formula is C17H29N5O. The monoisotopic (exact) mass is 319 g/mol. The van der Waals surface area contributed by atoms with Gasteiger partial charge < -0.3 is 20.3 Å². The van der Waals surface area contributed by atoms with Crippen LogP contribution in [0.4, 0.5) is 0 Å². The van der Waals surface area contributed by atoms with Gasteiger partial charge in [-0.05, 0) is 31.9 Å². The van der Waals surface area contributed by atoms with Crippen LogP contribution < -0.4 is 15.4 Å². The maximum Gasteiger partial charge on any atom is 0.218 e. The molecule has 0 amide bonds. The normalized spacial score (nSPS) is 17.1. The summed E-state index contributed by atoms with van der Waals surface area (Å²) < 4.78 is 5.28. The minimum absolute atomic E-state index is 0.491. The minimum Gasteiger partial charge on any atom is -0.481 e. The van der Waals surface area contributed by atoms with Gasteiger partial charge in [0.1, 0.15) is 0 Å². The van der Waals surface area contributed by atoms with E-state index in [9.17, 15) is 0 Å². The van der Waals surface area contributed by atoms with Gasteiger partial charge in [0.2, 0.25) is 5.88 Å². The molecule has 1 saturated heterocycles. The van der Waals surface area contributed by atoms with Crippen LogP contribution in [0.15, 0.2) is 23.3 Å². The predicted molar refractivity (Wildman–Crippen MR) is 93.9 cm³/mol. The lowest BCUT2D eigenvalue weighted by Crippen LogP contribution is -2.48. The lowest BCUT2D eigenvalue weighted by molar-refractivity contribution is 0.206. The fourth-order valence-corrected chi connectivity index (χ4v) is 2.93. The fraction of sp³-hybridized carbons (Fsp3) is 0.647. The number of rotatable bonds is 6. The van der Waals surface area contributed by atoms with Crippen molar-refractivity contribution in [1.82, 2.24) is 20.5 Å². The molecule has 0 bridgehead atoms. The first-order valence-corrected chi connectivity index (χ1v) is 8.44. The molecule has 0 radical (unpaired) electrons. The number of methoxy groups -OCH3 is 1. The van der Waals surface area contributed by atoms with Gasteiger partial charge in [-0.15, -0.1) is 0 Å². The van der Waals surface area contributed by atoms with Crippen LogP contribution in [0.2, 0.25) is 0 Å².